The fourth-order valence-corrected chi connectivity index (χ4v) is 8.13. The van der Waals surface area contributed by atoms with E-state index >= 15 is 0 Å². The largest absolute Gasteiger partial charge is 0.458 e. The zero-order valence-electron chi connectivity index (χ0n) is 39.1. The van der Waals surface area contributed by atoms with Gasteiger partial charge < -0.3 is 25.1 Å². The third kappa shape index (κ3) is 15.9. The van der Waals surface area contributed by atoms with Crippen molar-refractivity contribution in [3.05, 3.63) is 102 Å². The van der Waals surface area contributed by atoms with E-state index in [-0.39, 0.29) is 17.9 Å². The number of carbonyl (C=O) groups excluding carboxylic acids is 3. The van der Waals surface area contributed by atoms with Crippen LogP contribution < -0.4 is 16.1 Å². The van der Waals surface area contributed by atoms with Gasteiger partial charge in [0.15, 0.2) is 0 Å². The van der Waals surface area contributed by atoms with Crippen LogP contribution in [-0.4, -0.2) is 65.3 Å². The van der Waals surface area contributed by atoms with Crippen LogP contribution in [0.5, 0.6) is 0 Å². The Bertz CT molecular complexity index is 2160. The molecule has 1 aromatic heterocycles. The van der Waals surface area contributed by atoms with Gasteiger partial charge in [-0.15, -0.1) is 0 Å². The third-order valence-corrected chi connectivity index (χ3v) is 11.8. The van der Waals surface area contributed by atoms with E-state index in [1.807, 2.05) is 93.6 Å². The number of hydrogen-bond donors (Lipinski definition) is 4. The van der Waals surface area contributed by atoms with E-state index < -0.39 is 17.7 Å². The average Bonchev–Trinajstić information content (AvgIpc) is 4.12. The summed E-state index contributed by atoms with van der Waals surface area (Å²) >= 11 is 0. The highest BCUT2D eigenvalue weighted by molar-refractivity contribution is 5.95. The molecule has 65 heavy (non-hydrogen) atoms. The van der Waals surface area contributed by atoms with Gasteiger partial charge in [0.05, 0.1) is 23.2 Å². The van der Waals surface area contributed by atoms with Gasteiger partial charge in [0, 0.05) is 48.0 Å². The lowest BCUT2D eigenvalue weighted by Gasteiger charge is -2.20. The molecule has 2 unspecified atom stereocenters. The lowest BCUT2D eigenvalue weighted by Crippen LogP contribution is -2.32. The summed E-state index contributed by atoms with van der Waals surface area (Å²) in [6, 6.07) is 23.4. The van der Waals surface area contributed by atoms with E-state index in [0.717, 1.165) is 71.5 Å². The van der Waals surface area contributed by atoms with E-state index in [4.69, 9.17) is 19.3 Å². The number of unbranched alkanes of at least 4 members (excludes halogenated alkanes) is 13. The summed E-state index contributed by atoms with van der Waals surface area (Å²) in [5.74, 6) is -0.0266. The quantitative estimate of drug-likeness (QED) is 0.0293. The molecule has 2 aliphatic rings. The summed E-state index contributed by atoms with van der Waals surface area (Å²) in [5.41, 5.74) is 9.45. The van der Waals surface area contributed by atoms with Crippen LogP contribution in [0.4, 0.5) is 0 Å². The van der Waals surface area contributed by atoms with Crippen molar-refractivity contribution < 1.29 is 28.7 Å². The Labute approximate surface area is 386 Å². The van der Waals surface area contributed by atoms with Crippen LogP contribution >= 0.6 is 0 Å². The number of aromatic amines is 1. The normalized spacial score (nSPS) is 16.1. The van der Waals surface area contributed by atoms with E-state index in [1.54, 1.807) is 18.2 Å². The first-order valence-corrected chi connectivity index (χ1v) is 24.2. The number of benzene rings is 3. The molecule has 1 fully saturated rings. The van der Waals surface area contributed by atoms with Gasteiger partial charge >= 0.3 is 5.97 Å². The second-order valence-corrected chi connectivity index (χ2v) is 18.4. The maximum Gasteiger partial charge on any atom is 0.342 e. The molecule has 0 aliphatic carbocycles. The average molecular weight is 886 g/mol. The number of nitrogens with zero attached hydrogens (tertiary/aromatic N) is 1. The molecule has 1 saturated heterocycles. The number of hydrogen-bond acceptors (Lipinski definition) is 8. The summed E-state index contributed by atoms with van der Waals surface area (Å²) in [6.07, 6.45) is 24.6. The van der Waals surface area contributed by atoms with Crippen molar-refractivity contribution in [1.82, 2.24) is 26.1 Å². The van der Waals surface area contributed by atoms with Crippen LogP contribution in [-0.2, 0) is 23.9 Å². The van der Waals surface area contributed by atoms with Crippen LogP contribution in [0.3, 0.4) is 0 Å². The molecule has 0 bridgehead atoms. The number of H-pyrrole nitrogens is 1. The first kappa shape index (κ1) is 48.9. The molecule has 4 aromatic rings. The molecule has 3 aromatic carbocycles. The SMILES string of the molecule is CCCCCCCCCCCCCCCCNC(=O)c1ccc(-c2nc(-c3ccc(C4=CC(C(=O)OC(C)(C)C)ON4)cc3)c(-c3ccc(C=CC(=O)NCC4CCCO4)cc3)[nH]2)cc1. The molecule has 0 spiro atoms. The maximum absolute atomic E-state index is 13.1. The predicted octanol–water partition coefficient (Wildman–Crippen LogP) is 11.5. The molecule has 348 valence electrons. The molecule has 4 N–H and O–H groups in total. The minimum Gasteiger partial charge on any atom is -0.458 e. The number of nitrogens with one attached hydrogen (secondary N) is 4. The molecule has 2 aliphatic heterocycles. The minimum atomic E-state index is -0.852. The summed E-state index contributed by atoms with van der Waals surface area (Å²) in [7, 11) is 0. The molecule has 11 nitrogen and oxygen atoms in total. The third-order valence-electron chi connectivity index (χ3n) is 11.8. The summed E-state index contributed by atoms with van der Waals surface area (Å²) in [6.45, 7) is 9.67. The van der Waals surface area contributed by atoms with Gasteiger partial charge in [-0.3, -0.25) is 19.9 Å². The standard InChI is InChI=1S/C54H71N5O6/c1-5-6-7-8-9-10-11-12-13-14-15-16-17-18-35-55-52(61)44-32-30-43(31-33-44)51-57-49(41-24-21-39(22-25-41)23-34-48(60)56-38-45-20-19-36-63-45)50(58-51)42-28-26-40(27-29-42)46-37-47(65-59-46)53(62)64-54(2,3)4/h21-34,37,45,47,59H,5-20,35-36,38H2,1-4H3,(H,55,61)(H,56,60)(H,57,58). The summed E-state index contributed by atoms with van der Waals surface area (Å²) in [5, 5.41) is 6.03. The van der Waals surface area contributed by atoms with Crippen LogP contribution in [0.2, 0.25) is 0 Å². The van der Waals surface area contributed by atoms with Crippen LogP contribution in [0, 0.1) is 0 Å². The van der Waals surface area contributed by atoms with Gasteiger partial charge in [-0.1, -0.05) is 151 Å². The first-order chi connectivity index (χ1) is 31.6. The Morgan fingerprint density at radius 1 is 0.754 bits per heavy atom. The van der Waals surface area contributed by atoms with E-state index in [2.05, 4.69) is 28.0 Å². The molecular weight excluding hydrogens is 815 g/mol. The number of carbonyl (C=O) groups is 3. The van der Waals surface area contributed by atoms with Crippen molar-refractivity contribution in [3.63, 3.8) is 0 Å². The highest BCUT2D eigenvalue weighted by atomic mass is 16.7. The molecular formula is C54H71N5O6. The lowest BCUT2D eigenvalue weighted by atomic mass is 10.0. The van der Waals surface area contributed by atoms with Gasteiger partial charge in [-0.2, -0.15) is 0 Å². The Hall–Kier alpha value is -5.52. The van der Waals surface area contributed by atoms with Gasteiger partial charge in [0.25, 0.3) is 5.91 Å². The van der Waals surface area contributed by atoms with Crippen molar-refractivity contribution in [1.29, 1.82) is 0 Å². The highest BCUT2D eigenvalue weighted by Gasteiger charge is 2.29. The summed E-state index contributed by atoms with van der Waals surface area (Å²) in [4.78, 5) is 52.4. The number of imidazole rings is 1. The minimum absolute atomic E-state index is 0.0729. The van der Waals surface area contributed by atoms with Crippen molar-refractivity contribution in [3.8, 4) is 33.9 Å². The van der Waals surface area contributed by atoms with Gasteiger partial charge in [0.1, 0.15) is 11.4 Å². The number of aromatic nitrogens is 2. The van der Waals surface area contributed by atoms with E-state index in [9.17, 15) is 14.4 Å². The molecule has 0 radical (unpaired) electrons. The van der Waals surface area contributed by atoms with Crippen molar-refractivity contribution in [2.45, 2.75) is 148 Å². The van der Waals surface area contributed by atoms with Gasteiger partial charge in [-0.25, -0.2) is 9.78 Å². The Morgan fingerprint density at radius 3 is 1.97 bits per heavy atom. The Morgan fingerprint density at radius 2 is 1.35 bits per heavy atom. The number of hydroxylamine groups is 1. The van der Waals surface area contributed by atoms with E-state index in [0.29, 0.717) is 30.2 Å². The Kier molecular flexibility index (Phi) is 19.0. The van der Waals surface area contributed by atoms with Crippen molar-refractivity contribution >= 4 is 29.6 Å². The second kappa shape index (κ2) is 25.2. The zero-order valence-corrected chi connectivity index (χ0v) is 39.1. The highest BCUT2D eigenvalue weighted by Crippen LogP contribution is 2.34. The fourth-order valence-electron chi connectivity index (χ4n) is 8.13. The fraction of sp³-hybridized carbons (Fsp3) is 0.481. The first-order valence-electron chi connectivity index (χ1n) is 24.2. The van der Waals surface area contributed by atoms with Crippen molar-refractivity contribution in [2.75, 3.05) is 19.7 Å². The smallest absolute Gasteiger partial charge is 0.342 e. The summed E-state index contributed by atoms with van der Waals surface area (Å²) < 4.78 is 11.1. The monoisotopic (exact) mass is 886 g/mol. The number of esters is 1. The molecule has 11 heteroatoms. The maximum atomic E-state index is 13.1. The number of ether oxygens (including phenoxy) is 2. The zero-order chi connectivity index (χ0) is 45.9. The van der Waals surface area contributed by atoms with Crippen LogP contribution in [0.15, 0.2) is 84.9 Å². The number of amides is 2. The number of rotatable bonds is 25. The lowest BCUT2D eigenvalue weighted by molar-refractivity contribution is -0.166. The van der Waals surface area contributed by atoms with Gasteiger partial charge in [-0.05, 0) is 75.4 Å². The molecule has 2 amide bonds. The molecule has 6 rings (SSSR count). The van der Waals surface area contributed by atoms with Crippen molar-refractivity contribution in [2.24, 2.45) is 0 Å². The van der Waals surface area contributed by atoms with Gasteiger partial charge in [0.2, 0.25) is 12.0 Å². The van der Waals surface area contributed by atoms with E-state index in [1.165, 1.54) is 77.0 Å². The molecule has 2 atom stereocenters. The second-order valence-electron chi connectivity index (χ2n) is 18.4. The molecule has 0 saturated carbocycles. The topological polar surface area (TPSA) is 144 Å². The van der Waals surface area contributed by atoms with Crippen LogP contribution in [0.25, 0.3) is 45.7 Å². The van der Waals surface area contributed by atoms with Crippen LogP contribution in [0.1, 0.15) is 152 Å². The Balaban J connectivity index is 1.07. The predicted molar refractivity (Wildman–Crippen MR) is 260 cm³/mol. The molecule has 3 heterocycles.